The summed E-state index contributed by atoms with van der Waals surface area (Å²) in [5, 5.41) is 0. The summed E-state index contributed by atoms with van der Waals surface area (Å²) in [7, 11) is 0. The van der Waals surface area contributed by atoms with Crippen molar-refractivity contribution >= 4 is 29.8 Å². The van der Waals surface area contributed by atoms with E-state index in [1.54, 1.807) is 6.07 Å². The summed E-state index contributed by atoms with van der Waals surface area (Å²) in [6, 6.07) is 3.96. The minimum absolute atomic E-state index is 0.147. The van der Waals surface area contributed by atoms with Crippen LogP contribution in [0.3, 0.4) is 0 Å². The van der Waals surface area contributed by atoms with Gasteiger partial charge in [-0.15, -0.1) is 0 Å². The van der Waals surface area contributed by atoms with Crippen LogP contribution in [-0.2, 0) is 60.5 Å². The Labute approximate surface area is 262 Å². The van der Waals surface area contributed by atoms with Gasteiger partial charge in [0.15, 0.2) is 23.7 Å². The predicted molar refractivity (Wildman–Crippen MR) is 156 cm³/mol. The van der Waals surface area contributed by atoms with Crippen LogP contribution in [0.4, 0.5) is 0 Å². The molecular weight excluding hydrogens is 590 g/mol. The van der Waals surface area contributed by atoms with Gasteiger partial charge in [0.25, 0.3) is 0 Å². The van der Waals surface area contributed by atoms with E-state index in [1.807, 2.05) is 6.07 Å². The quantitative estimate of drug-likeness (QED) is 0.211. The van der Waals surface area contributed by atoms with Gasteiger partial charge >= 0.3 is 29.8 Å². The number of fused-ring (bicyclic) bond motifs is 2. The number of rotatable bonds is 10. The first-order valence-electron chi connectivity index (χ1n) is 15.4. The second-order valence-corrected chi connectivity index (χ2v) is 11.7. The summed E-state index contributed by atoms with van der Waals surface area (Å²) in [6.45, 7) is 9.77. The van der Waals surface area contributed by atoms with Gasteiger partial charge in [-0.2, -0.15) is 0 Å². The minimum atomic E-state index is -1.45. The number of esters is 5. The van der Waals surface area contributed by atoms with E-state index in [2.05, 4.69) is 11.8 Å². The molecule has 7 atom stereocenters. The lowest BCUT2D eigenvalue weighted by Gasteiger charge is -2.46. The maximum atomic E-state index is 12.3. The number of carbonyl (C=O) groups is 5. The molecule has 13 heteroatoms. The van der Waals surface area contributed by atoms with Crippen LogP contribution < -0.4 is 9.47 Å². The molecule has 2 aliphatic heterocycles. The molecule has 2 heterocycles. The first-order chi connectivity index (χ1) is 21.4. The molecular formula is C32H43NO12. The number of likely N-dealkylation sites (tertiary alicyclic amines) is 1. The van der Waals surface area contributed by atoms with Gasteiger partial charge in [-0.05, 0) is 62.7 Å². The van der Waals surface area contributed by atoms with E-state index in [4.69, 9.17) is 33.2 Å². The van der Waals surface area contributed by atoms with E-state index in [-0.39, 0.29) is 11.5 Å². The van der Waals surface area contributed by atoms with Gasteiger partial charge in [0.1, 0.15) is 12.7 Å². The van der Waals surface area contributed by atoms with Crippen LogP contribution in [0.5, 0.6) is 11.5 Å². The van der Waals surface area contributed by atoms with Gasteiger partial charge in [0, 0.05) is 46.2 Å². The third-order valence-electron chi connectivity index (χ3n) is 8.20. The molecule has 45 heavy (non-hydrogen) atoms. The number of benzene rings is 1. The molecule has 0 radical (unpaired) electrons. The first kappa shape index (κ1) is 34.2. The third-order valence-corrected chi connectivity index (χ3v) is 8.20. The Balaban J connectivity index is 1.78. The predicted octanol–water partition coefficient (Wildman–Crippen LogP) is 2.66. The molecule has 3 aliphatic rings. The zero-order valence-electron chi connectivity index (χ0n) is 26.7. The SMILES string of the molecule is CCCN1CCC[C@@H]2Cc3c(ccc(OC(C)=O)c3O[C@@H]3O[C@H](COC(C)=O)[C@@H](OC(C)=O)[C@H](OC(C)=O)[C@H]3OC(C)=O)C[C@H]21. The summed E-state index contributed by atoms with van der Waals surface area (Å²) in [5.74, 6) is -2.71. The molecule has 0 aromatic heterocycles. The molecule has 0 N–H and O–H groups in total. The van der Waals surface area contributed by atoms with Crippen LogP contribution >= 0.6 is 0 Å². The number of hydrogen-bond acceptors (Lipinski definition) is 13. The van der Waals surface area contributed by atoms with E-state index < -0.39 is 67.2 Å². The van der Waals surface area contributed by atoms with E-state index in [1.165, 1.54) is 13.8 Å². The summed E-state index contributed by atoms with van der Waals surface area (Å²) < 4.78 is 40.0. The molecule has 248 valence electrons. The zero-order valence-corrected chi connectivity index (χ0v) is 26.7. The Morgan fingerprint density at radius 3 is 2.13 bits per heavy atom. The highest BCUT2D eigenvalue weighted by Crippen LogP contribution is 2.44. The fraction of sp³-hybridized carbons (Fsp3) is 0.656. The van der Waals surface area contributed by atoms with Crippen molar-refractivity contribution in [3.8, 4) is 11.5 Å². The number of nitrogens with zero attached hydrogens (tertiary/aromatic N) is 1. The molecule has 1 aliphatic carbocycles. The van der Waals surface area contributed by atoms with Crippen molar-refractivity contribution in [2.45, 2.75) is 110 Å². The number of carbonyl (C=O) groups excluding carboxylic acids is 5. The van der Waals surface area contributed by atoms with Crippen molar-refractivity contribution in [3.05, 3.63) is 23.3 Å². The van der Waals surface area contributed by atoms with E-state index in [0.29, 0.717) is 18.4 Å². The molecule has 1 aromatic rings. The maximum absolute atomic E-state index is 12.3. The van der Waals surface area contributed by atoms with E-state index in [9.17, 15) is 24.0 Å². The molecule has 1 aromatic carbocycles. The molecule has 2 saturated heterocycles. The molecule has 2 fully saturated rings. The normalized spacial score (nSPS) is 27.6. The van der Waals surface area contributed by atoms with Crippen molar-refractivity contribution in [1.82, 2.24) is 4.90 Å². The fourth-order valence-electron chi connectivity index (χ4n) is 6.63. The Kier molecular flexibility index (Phi) is 11.4. The Morgan fingerprint density at radius 1 is 0.844 bits per heavy atom. The zero-order chi connectivity index (χ0) is 32.8. The number of hydrogen-bond donors (Lipinski definition) is 0. The molecule has 0 saturated carbocycles. The Morgan fingerprint density at radius 2 is 1.51 bits per heavy atom. The van der Waals surface area contributed by atoms with Gasteiger partial charge in [-0.3, -0.25) is 28.9 Å². The van der Waals surface area contributed by atoms with Gasteiger partial charge in [-0.25, -0.2) is 0 Å². The van der Waals surface area contributed by atoms with Crippen molar-refractivity contribution < 1.29 is 57.1 Å². The highest BCUT2D eigenvalue weighted by molar-refractivity contribution is 5.71. The molecule has 0 spiro atoms. The monoisotopic (exact) mass is 633 g/mol. The molecule has 0 bridgehead atoms. The van der Waals surface area contributed by atoms with Crippen LogP contribution in [0, 0.1) is 5.92 Å². The topological polar surface area (TPSA) is 153 Å². The van der Waals surface area contributed by atoms with Gasteiger partial charge in [-0.1, -0.05) is 13.0 Å². The third kappa shape index (κ3) is 8.51. The highest BCUT2D eigenvalue weighted by Gasteiger charge is 2.54. The van der Waals surface area contributed by atoms with Crippen molar-refractivity contribution in [2.75, 3.05) is 19.7 Å². The van der Waals surface area contributed by atoms with Crippen LogP contribution in [0.15, 0.2) is 12.1 Å². The highest BCUT2D eigenvalue weighted by atomic mass is 16.7. The van der Waals surface area contributed by atoms with E-state index in [0.717, 1.165) is 70.7 Å². The average molecular weight is 634 g/mol. The van der Waals surface area contributed by atoms with Crippen LogP contribution in [0.2, 0.25) is 0 Å². The van der Waals surface area contributed by atoms with Crippen molar-refractivity contribution in [1.29, 1.82) is 0 Å². The first-order valence-corrected chi connectivity index (χ1v) is 15.4. The maximum Gasteiger partial charge on any atom is 0.308 e. The average Bonchev–Trinajstić information content (AvgIpc) is 2.94. The Bertz CT molecular complexity index is 1280. The molecule has 13 nitrogen and oxygen atoms in total. The van der Waals surface area contributed by atoms with Gasteiger partial charge in [0.05, 0.1) is 0 Å². The largest absolute Gasteiger partial charge is 0.463 e. The second kappa shape index (κ2) is 15.0. The number of piperidine rings is 1. The summed E-state index contributed by atoms with van der Waals surface area (Å²) in [5.41, 5.74) is 1.86. The molecule has 0 unspecified atom stereocenters. The van der Waals surface area contributed by atoms with Crippen LogP contribution in [0.1, 0.15) is 71.9 Å². The van der Waals surface area contributed by atoms with Gasteiger partial charge < -0.3 is 33.2 Å². The lowest BCUT2D eigenvalue weighted by atomic mass is 9.75. The van der Waals surface area contributed by atoms with Crippen LogP contribution in [-0.4, -0.2) is 91.2 Å². The molecule has 4 rings (SSSR count). The summed E-state index contributed by atoms with van der Waals surface area (Å²) in [4.78, 5) is 63.1. The van der Waals surface area contributed by atoms with Crippen LogP contribution in [0.25, 0.3) is 0 Å². The Hall–Kier alpha value is -3.71. The van der Waals surface area contributed by atoms with E-state index >= 15 is 0 Å². The fourth-order valence-corrected chi connectivity index (χ4v) is 6.63. The standard InChI is InChI=1S/C32H43NO12/c1-7-12-33-13-8-9-23-14-24-22(15-25(23)33)10-11-26(40-18(3)35)28(24)45-32-31(43-21(6)38)30(42-20(5)37)29(41-19(4)36)27(44-32)16-39-17(2)34/h10-11,23,25,27,29-32H,7-9,12-16H2,1-6H3/t23-,25-,27-,29-,30+,31-,32+/m1/s1. The number of ether oxygens (including phenoxy) is 7. The van der Waals surface area contributed by atoms with Crippen molar-refractivity contribution in [3.63, 3.8) is 0 Å². The smallest absolute Gasteiger partial charge is 0.308 e. The lowest BCUT2D eigenvalue weighted by molar-refractivity contribution is -0.288. The second-order valence-electron chi connectivity index (χ2n) is 11.7. The molecule has 0 amide bonds. The summed E-state index contributed by atoms with van der Waals surface area (Å²) in [6.07, 6.45) is -2.19. The van der Waals surface area contributed by atoms with Crippen molar-refractivity contribution in [2.24, 2.45) is 5.92 Å². The minimum Gasteiger partial charge on any atom is -0.463 e. The summed E-state index contributed by atoms with van der Waals surface area (Å²) >= 11 is 0. The lowest BCUT2D eigenvalue weighted by Crippen LogP contribution is -2.63. The van der Waals surface area contributed by atoms with Gasteiger partial charge in [0.2, 0.25) is 12.4 Å².